The lowest BCUT2D eigenvalue weighted by Gasteiger charge is -2.35. The zero-order valence-electron chi connectivity index (χ0n) is 16.8. The van der Waals surface area contributed by atoms with Crippen molar-refractivity contribution in [1.82, 2.24) is 20.2 Å². The third kappa shape index (κ3) is 3.98. The standard InChI is InChI=1S/C21H25FN4O3/c1-4-21(20(28)29-3)11-17(19(27)24-12-16-9-10-23-13-25-16)18(26(21)2)14-5-7-15(22)8-6-14/h5-10,13,17-18H,4,11-12H2,1-3H3,(H,24,27)/t17-,18-,21-/m0/s1. The molecule has 0 aliphatic carbocycles. The molecule has 1 aromatic heterocycles. The van der Waals surface area contributed by atoms with Gasteiger partial charge in [0.05, 0.1) is 25.3 Å². The summed E-state index contributed by atoms with van der Waals surface area (Å²) in [5.41, 5.74) is 0.535. The van der Waals surface area contributed by atoms with Crippen molar-refractivity contribution in [2.45, 2.75) is 37.9 Å². The number of benzene rings is 1. The predicted molar refractivity (Wildman–Crippen MR) is 104 cm³/mol. The number of amides is 1. The van der Waals surface area contributed by atoms with E-state index < -0.39 is 11.5 Å². The summed E-state index contributed by atoms with van der Waals surface area (Å²) in [6.07, 6.45) is 3.83. The molecule has 0 unspecified atom stereocenters. The Kier molecular flexibility index (Phi) is 6.22. The minimum atomic E-state index is -0.926. The Hall–Kier alpha value is -2.87. The average molecular weight is 400 g/mol. The van der Waals surface area contributed by atoms with E-state index in [4.69, 9.17) is 4.74 Å². The molecule has 1 aliphatic rings. The number of nitrogens with one attached hydrogen (secondary N) is 1. The number of carbonyl (C=O) groups excluding carboxylic acids is 2. The molecule has 0 spiro atoms. The molecule has 0 radical (unpaired) electrons. The van der Waals surface area contributed by atoms with Gasteiger partial charge in [-0.15, -0.1) is 0 Å². The molecule has 1 amide bonds. The molecule has 1 fully saturated rings. The van der Waals surface area contributed by atoms with E-state index in [0.717, 1.165) is 5.56 Å². The van der Waals surface area contributed by atoms with Crippen LogP contribution in [0.25, 0.3) is 0 Å². The maximum Gasteiger partial charge on any atom is 0.326 e. The number of likely N-dealkylation sites (N-methyl/N-ethyl adjacent to an activating group) is 1. The SMILES string of the molecule is CC[C@@]1(C(=O)OC)C[C@H](C(=O)NCc2ccncn2)[C@H](c2ccc(F)cc2)N1C. The van der Waals surface area contributed by atoms with E-state index in [1.807, 2.05) is 18.9 Å². The highest BCUT2D eigenvalue weighted by atomic mass is 19.1. The van der Waals surface area contributed by atoms with Crippen LogP contribution < -0.4 is 5.32 Å². The molecule has 3 atom stereocenters. The Balaban J connectivity index is 1.91. The highest BCUT2D eigenvalue weighted by Gasteiger charge is 2.56. The maximum atomic E-state index is 13.5. The highest BCUT2D eigenvalue weighted by molar-refractivity contribution is 5.86. The number of rotatable bonds is 6. The maximum absolute atomic E-state index is 13.5. The Morgan fingerprint density at radius 2 is 2.03 bits per heavy atom. The van der Waals surface area contributed by atoms with E-state index in [1.165, 1.54) is 25.6 Å². The number of hydrogen-bond donors (Lipinski definition) is 1. The minimum Gasteiger partial charge on any atom is -0.468 e. The number of carbonyl (C=O) groups is 2. The summed E-state index contributed by atoms with van der Waals surface area (Å²) < 4.78 is 18.5. The van der Waals surface area contributed by atoms with Crippen LogP contribution in [0.4, 0.5) is 4.39 Å². The minimum absolute atomic E-state index is 0.191. The number of nitrogens with zero attached hydrogens (tertiary/aromatic N) is 3. The molecule has 1 N–H and O–H groups in total. The van der Waals surface area contributed by atoms with Crippen LogP contribution in [0.15, 0.2) is 42.9 Å². The first-order valence-electron chi connectivity index (χ1n) is 9.52. The van der Waals surface area contributed by atoms with Gasteiger partial charge in [-0.3, -0.25) is 14.5 Å². The second-order valence-electron chi connectivity index (χ2n) is 7.21. The summed E-state index contributed by atoms with van der Waals surface area (Å²) in [4.78, 5) is 35.7. The van der Waals surface area contributed by atoms with Gasteiger partial charge >= 0.3 is 5.97 Å². The Morgan fingerprint density at radius 1 is 1.31 bits per heavy atom. The number of halogens is 1. The summed E-state index contributed by atoms with van der Waals surface area (Å²) in [5.74, 6) is -1.43. The van der Waals surface area contributed by atoms with E-state index in [9.17, 15) is 14.0 Å². The number of hydrogen-bond acceptors (Lipinski definition) is 6. The van der Waals surface area contributed by atoms with Crippen molar-refractivity contribution in [3.05, 3.63) is 59.9 Å². The van der Waals surface area contributed by atoms with E-state index in [-0.39, 0.29) is 30.3 Å². The van der Waals surface area contributed by atoms with Crippen molar-refractivity contribution in [1.29, 1.82) is 0 Å². The Bertz CT molecular complexity index is 862. The number of esters is 1. The summed E-state index contributed by atoms with van der Waals surface area (Å²) in [5, 5.41) is 2.91. The molecule has 7 nitrogen and oxygen atoms in total. The Labute approximate surface area is 169 Å². The first-order chi connectivity index (χ1) is 13.9. The summed E-state index contributed by atoms with van der Waals surface area (Å²) in [6, 6.07) is 7.38. The van der Waals surface area contributed by atoms with Crippen LogP contribution in [0.5, 0.6) is 0 Å². The van der Waals surface area contributed by atoms with Gasteiger partial charge in [0, 0.05) is 12.2 Å². The van der Waals surface area contributed by atoms with E-state index in [2.05, 4.69) is 15.3 Å². The highest BCUT2D eigenvalue weighted by Crippen LogP contribution is 2.48. The van der Waals surface area contributed by atoms with Gasteiger partial charge in [0.15, 0.2) is 0 Å². The molecule has 1 aromatic carbocycles. The summed E-state index contributed by atoms with van der Waals surface area (Å²) in [6.45, 7) is 2.16. The van der Waals surface area contributed by atoms with E-state index in [1.54, 1.807) is 24.4 Å². The van der Waals surface area contributed by atoms with Crippen LogP contribution in [0.2, 0.25) is 0 Å². The van der Waals surface area contributed by atoms with Crippen molar-refractivity contribution >= 4 is 11.9 Å². The largest absolute Gasteiger partial charge is 0.468 e. The van der Waals surface area contributed by atoms with Gasteiger partial charge in [0.2, 0.25) is 5.91 Å². The molecular formula is C21H25FN4O3. The lowest BCUT2D eigenvalue weighted by Crippen LogP contribution is -2.49. The van der Waals surface area contributed by atoms with Crippen molar-refractivity contribution < 1.29 is 18.7 Å². The lowest BCUT2D eigenvalue weighted by atomic mass is 9.87. The number of ether oxygens (including phenoxy) is 1. The molecule has 154 valence electrons. The number of likely N-dealkylation sites (tertiary alicyclic amines) is 1. The monoisotopic (exact) mass is 400 g/mol. The van der Waals surface area contributed by atoms with Crippen LogP contribution in [0, 0.1) is 11.7 Å². The molecule has 0 saturated carbocycles. The smallest absolute Gasteiger partial charge is 0.326 e. The predicted octanol–water partition coefficient (Wildman–Crippen LogP) is 2.25. The molecule has 1 aliphatic heterocycles. The van der Waals surface area contributed by atoms with Gasteiger partial charge in [-0.05, 0) is 43.7 Å². The van der Waals surface area contributed by atoms with Crippen LogP contribution in [0.1, 0.15) is 37.1 Å². The van der Waals surface area contributed by atoms with Crippen molar-refractivity contribution in [2.75, 3.05) is 14.2 Å². The van der Waals surface area contributed by atoms with Crippen molar-refractivity contribution in [3.8, 4) is 0 Å². The molecule has 2 heterocycles. The van der Waals surface area contributed by atoms with Crippen LogP contribution in [-0.2, 0) is 20.9 Å². The van der Waals surface area contributed by atoms with Gasteiger partial charge in [-0.1, -0.05) is 19.1 Å². The van der Waals surface area contributed by atoms with Crippen LogP contribution in [-0.4, -0.2) is 46.4 Å². The summed E-state index contributed by atoms with van der Waals surface area (Å²) in [7, 11) is 3.16. The van der Waals surface area contributed by atoms with Crippen molar-refractivity contribution in [2.24, 2.45) is 5.92 Å². The van der Waals surface area contributed by atoms with Gasteiger partial charge in [-0.2, -0.15) is 0 Å². The Morgan fingerprint density at radius 3 is 2.62 bits per heavy atom. The first kappa shape index (κ1) is 20.9. The second kappa shape index (κ2) is 8.65. The fourth-order valence-corrected chi connectivity index (χ4v) is 4.19. The molecule has 8 heteroatoms. The second-order valence-corrected chi connectivity index (χ2v) is 7.21. The zero-order chi connectivity index (χ0) is 21.0. The van der Waals surface area contributed by atoms with Gasteiger partial charge < -0.3 is 10.1 Å². The molecule has 2 aromatic rings. The molecule has 29 heavy (non-hydrogen) atoms. The fourth-order valence-electron chi connectivity index (χ4n) is 4.19. The number of methoxy groups -OCH3 is 1. The van der Waals surface area contributed by atoms with E-state index in [0.29, 0.717) is 18.5 Å². The van der Waals surface area contributed by atoms with Gasteiger partial charge in [0.25, 0.3) is 0 Å². The normalized spacial score (nSPS) is 24.3. The molecule has 1 saturated heterocycles. The third-order valence-corrected chi connectivity index (χ3v) is 5.82. The van der Waals surface area contributed by atoms with Crippen molar-refractivity contribution in [3.63, 3.8) is 0 Å². The molecule has 0 bridgehead atoms. The topological polar surface area (TPSA) is 84.4 Å². The molecule has 3 rings (SSSR count). The summed E-state index contributed by atoms with van der Waals surface area (Å²) >= 11 is 0. The molecular weight excluding hydrogens is 375 g/mol. The van der Waals surface area contributed by atoms with E-state index >= 15 is 0 Å². The first-order valence-corrected chi connectivity index (χ1v) is 9.52. The zero-order valence-corrected chi connectivity index (χ0v) is 16.8. The quantitative estimate of drug-likeness (QED) is 0.749. The lowest BCUT2D eigenvalue weighted by molar-refractivity contribution is -0.153. The number of aromatic nitrogens is 2. The average Bonchev–Trinajstić information content (AvgIpc) is 3.06. The van der Waals surface area contributed by atoms with Gasteiger partial charge in [-0.25, -0.2) is 14.4 Å². The fraction of sp³-hybridized carbons (Fsp3) is 0.429. The van der Waals surface area contributed by atoms with Crippen LogP contribution >= 0.6 is 0 Å². The van der Waals surface area contributed by atoms with Crippen LogP contribution in [0.3, 0.4) is 0 Å². The van der Waals surface area contributed by atoms with Gasteiger partial charge in [0.1, 0.15) is 17.7 Å². The third-order valence-electron chi connectivity index (χ3n) is 5.82.